The van der Waals surface area contributed by atoms with Crippen LogP contribution in [0, 0.1) is 13.8 Å². The van der Waals surface area contributed by atoms with Crippen molar-refractivity contribution in [1.82, 2.24) is 4.98 Å². The molecule has 2 amide bonds. The molecule has 2 heterocycles. The van der Waals surface area contributed by atoms with Gasteiger partial charge in [-0.25, -0.2) is 4.98 Å². The first-order valence-corrected chi connectivity index (χ1v) is 11.5. The summed E-state index contributed by atoms with van der Waals surface area (Å²) >= 11 is 5.91. The number of nitrogens with zero attached hydrogens (tertiary/aromatic N) is 1. The van der Waals surface area contributed by atoms with Crippen LogP contribution in [0.5, 0.6) is 5.75 Å². The Hall–Kier alpha value is -4.17. The van der Waals surface area contributed by atoms with Gasteiger partial charge in [-0.15, -0.1) is 0 Å². The second-order valence-electron chi connectivity index (χ2n) is 8.48. The third-order valence-corrected chi connectivity index (χ3v) is 5.87. The second-order valence-corrected chi connectivity index (χ2v) is 8.87. The Bertz CT molecular complexity index is 1560. The highest BCUT2D eigenvalue weighted by molar-refractivity contribution is 6.29. The molecule has 0 aliphatic rings. The van der Waals surface area contributed by atoms with Crippen LogP contribution < -0.4 is 21.2 Å². The van der Waals surface area contributed by atoms with E-state index in [4.69, 9.17) is 26.5 Å². The lowest BCUT2D eigenvalue weighted by Crippen LogP contribution is -2.17. The minimum Gasteiger partial charge on any atom is -0.483 e. The van der Waals surface area contributed by atoms with Gasteiger partial charge in [0.1, 0.15) is 22.6 Å². The first-order valence-electron chi connectivity index (χ1n) is 11.1. The lowest BCUT2D eigenvalue weighted by Gasteiger charge is -2.19. The van der Waals surface area contributed by atoms with Gasteiger partial charge in [-0.3, -0.25) is 14.4 Å². The van der Waals surface area contributed by atoms with Crippen molar-refractivity contribution in [1.29, 1.82) is 0 Å². The number of nitrogens with one attached hydrogen (secondary N) is 1. The minimum absolute atomic E-state index is 0.0939. The van der Waals surface area contributed by atoms with Crippen LogP contribution in [0.2, 0.25) is 5.15 Å². The van der Waals surface area contributed by atoms with E-state index in [2.05, 4.69) is 10.3 Å². The zero-order chi connectivity index (χ0) is 26.1. The molecule has 0 bridgehead atoms. The lowest BCUT2D eigenvalue weighted by atomic mass is 10.00. The molecule has 0 fully saturated rings. The molecule has 1 atom stereocenters. The second kappa shape index (κ2) is 9.83. The topological polar surface area (TPSA) is 125 Å². The molecule has 0 saturated heterocycles. The number of carbonyl (C=O) groups is 2. The van der Waals surface area contributed by atoms with E-state index in [1.165, 1.54) is 19.1 Å². The van der Waals surface area contributed by atoms with E-state index < -0.39 is 12.0 Å². The molecule has 184 valence electrons. The Morgan fingerprint density at radius 3 is 2.44 bits per heavy atom. The van der Waals surface area contributed by atoms with Crippen molar-refractivity contribution in [3.05, 3.63) is 86.3 Å². The van der Waals surface area contributed by atoms with Crippen LogP contribution in [0.15, 0.2) is 57.7 Å². The summed E-state index contributed by atoms with van der Waals surface area (Å²) in [5.41, 5.74) is 8.78. The molecule has 36 heavy (non-hydrogen) atoms. The highest BCUT2D eigenvalue weighted by atomic mass is 35.5. The van der Waals surface area contributed by atoms with Crippen molar-refractivity contribution in [3.8, 4) is 17.1 Å². The summed E-state index contributed by atoms with van der Waals surface area (Å²) in [6.45, 7) is 6.79. The van der Waals surface area contributed by atoms with Crippen LogP contribution >= 0.6 is 11.6 Å². The molecular weight excluding hydrogens is 482 g/mol. The van der Waals surface area contributed by atoms with Crippen molar-refractivity contribution < 1.29 is 18.7 Å². The summed E-state index contributed by atoms with van der Waals surface area (Å²) < 4.78 is 12.4. The van der Waals surface area contributed by atoms with E-state index in [-0.39, 0.29) is 27.9 Å². The number of carbonyl (C=O) groups excluding carboxylic acids is 2. The van der Waals surface area contributed by atoms with Crippen molar-refractivity contribution in [2.45, 2.75) is 33.8 Å². The zero-order valence-corrected chi connectivity index (χ0v) is 20.9. The quantitative estimate of drug-likeness (QED) is 0.341. The fraction of sp³-hybridized carbons (Fsp3) is 0.185. The standard InChI is InChI=1S/C27H24ClN3O5/c1-13-11-19(15(3)35-21-9-10-22(28)31-23(21)27(29)34)26-20(12-13)24(33)14(2)25(36-26)17-5-7-18(8-6-17)30-16(4)32/h5-12,15H,1-4H3,(H2,29,34)(H,30,32)/t15-/m1/s1. The van der Waals surface area contributed by atoms with Gasteiger partial charge < -0.3 is 20.2 Å². The SMILES string of the molecule is CC(=O)Nc1ccc(-c2oc3c([C@@H](C)Oc4ccc(Cl)nc4C(N)=O)cc(C)cc3c(=O)c2C)cc1. The summed E-state index contributed by atoms with van der Waals surface area (Å²) in [6.07, 6.45) is -0.630. The van der Waals surface area contributed by atoms with Gasteiger partial charge in [0.15, 0.2) is 16.9 Å². The normalized spacial score (nSPS) is 11.8. The molecule has 0 spiro atoms. The number of benzene rings is 2. The predicted molar refractivity (Wildman–Crippen MR) is 139 cm³/mol. The van der Waals surface area contributed by atoms with Crippen LogP contribution in [-0.4, -0.2) is 16.8 Å². The number of nitrogens with two attached hydrogens (primary N) is 1. The van der Waals surface area contributed by atoms with Gasteiger partial charge in [0.05, 0.1) is 5.39 Å². The van der Waals surface area contributed by atoms with Crippen molar-refractivity contribution in [3.63, 3.8) is 0 Å². The number of aryl methyl sites for hydroxylation is 1. The Morgan fingerprint density at radius 2 is 1.81 bits per heavy atom. The van der Waals surface area contributed by atoms with Crippen molar-refractivity contribution in [2.75, 3.05) is 5.32 Å². The minimum atomic E-state index is -0.777. The summed E-state index contributed by atoms with van der Waals surface area (Å²) in [7, 11) is 0. The zero-order valence-electron chi connectivity index (χ0n) is 20.1. The number of ether oxygens (including phenoxy) is 1. The molecule has 0 unspecified atom stereocenters. The van der Waals surface area contributed by atoms with Crippen LogP contribution in [-0.2, 0) is 4.79 Å². The molecule has 3 N–H and O–H groups in total. The van der Waals surface area contributed by atoms with Gasteiger partial charge in [0, 0.05) is 29.3 Å². The fourth-order valence-electron chi connectivity index (χ4n) is 4.00. The highest BCUT2D eigenvalue weighted by Crippen LogP contribution is 2.33. The molecule has 9 heteroatoms. The van der Waals surface area contributed by atoms with Crippen LogP contribution in [0.25, 0.3) is 22.3 Å². The van der Waals surface area contributed by atoms with Gasteiger partial charge in [-0.05, 0) is 74.9 Å². The third-order valence-electron chi connectivity index (χ3n) is 5.66. The van der Waals surface area contributed by atoms with E-state index >= 15 is 0 Å². The van der Waals surface area contributed by atoms with Gasteiger partial charge >= 0.3 is 0 Å². The maximum absolute atomic E-state index is 13.4. The first kappa shape index (κ1) is 24.9. The Balaban J connectivity index is 1.83. The van der Waals surface area contributed by atoms with Crippen LogP contribution in [0.1, 0.15) is 47.1 Å². The number of primary amides is 1. The molecule has 8 nitrogen and oxygen atoms in total. The van der Waals surface area contributed by atoms with Gasteiger partial charge in [-0.1, -0.05) is 11.6 Å². The number of aromatic nitrogens is 1. The molecule has 0 radical (unpaired) electrons. The monoisotopic (exact) mass is 505 g/mol. The number of anilines is 1. The molecule has 0 aliphatic heterocycles. The van der Waals surface area contributed by atoms with Gasteiger partial charge in [0.2, 0.25) is 5.91 Å². The highest BCUT2D eigenvalue weighted by Gasteiger charge is 2.22. The number of hydrogen-bond acceptors (Lipinski definition) is 6. The number of amides is 2. The number of halogens is 1. The molecule has 2 aromatic heterocycles. The number of hydrogen-bond donors (Lipinski definition) is 2. The molecule has 0 saturated carbocycles. The summed E-state index contributed by atoms with van der Waals surface area (Å²) in [5, 5.41) is 3.24. The van der Waals surface area contributed by atoms with E-state index in [9.17, 15) is 14.4 Å². The number of fused-ring (bicyclic) bond motifs is 1. The molecule has 2 aromatic carbocycles. The van der Waals surface area contributed by atoms with Gasteiger partial charge in [-0.2, -0.15) is 0 Å². The Morgan fingerprint density at radius 1 is 1.11 bits per heavy atom. The number of pyridine rings is 1. The Kier molecular flexibility index (Phi) is 6.81. The maximum Gasteiger partial charge on any atom is 0.271 e. The molecule has 4 rings (SSSR count). The first-order chi connectivity index (χ1) is 17.0. The lowest BCUT2D eigenvalue weighted by molar-refractivity contribution is -0.114. The van der Waals surface area contributed by atoms with Gasteiger partial charge in [0.25, 0.3) is 5.91 Å². The predicted octanol–water partition coefficient (Wildman–Crippen LogP) is 5.32. The van der Waals surface area contributed by atoms with Crippen LogP contribution in [0.4, 0.5) is 5.69 Å². The van der Waals surface area contributed by atoms with E-state index in [0.29, 0.717) is 39.1 Å². The summed E-state index contributed by atoms with van der Waals surface area (Å²) in [4.78, 5) is 40.5. The average Bonchev–Trinajstić information content (AvgIpc) is 2.82. The summed E-state index contributed by atoms with van der Waals surface area (Å²) in [5.74, 6) is -0.385. The number of rotatable bonds is 6. The van der Waals surface area contributed by atoms with E-state index in [1.807, 2.05) is 13.0 Å². The van der Waals surface area contributed by atoms with E-state index in [0.717, 1.165) is 5.56 Å². The summed E-state index contributed by atoms with van der Waals surface area (Å²) in [6, 6.07) is 13.7. The van der Waals surface area contributed by atoms with Crippen LogP contribution in [0.3, 0.4) is 0 Å². The molecular formula is C27H24ClN3O5. The maximum atomic E-state index is 13.4. The van der Waals surface area contributed by atoms with Crippen molar-refractivity contribution >= 4 is 40.1 Å². The molecule has 0 aliphatic carbocycles. The van der Waals surface area contributed by atoms with Crippen molar-refractivity contribution in [2.24, 2.45) is 5.73 Å². The fourth-order valence-corrected chi connectivity index (χ4v) is 4.15. The third kappa shape index (κ3) is 4.94. The largest absolute Gasteiger partial charge is 0.483 e. The van der Waals surface area contributed by atoms with E-state index in [1.54, 1.807) is 44.2 Å². The smallest absolute Gasteiger partial charge is 0.271 e. The average molecular weight is 506 g/mol. The molecule has 4 aromatic rings. The Labute approximate surface area is 212 Å².